The Labute approximate surface area is 328 Å². The summed E-state index contributed by atoms with van der Waals surface area (Å²) in [6, 6.07) is 79.5. The van der Waals surface area contributed by atoms with Crippen molar-refractivity contribution < 1.29 is 0 Å². The second-order valence-corrected chi connectivity index (χ2v) is 17.9. The molecule has 0 spiro atoms. The van der Waals surface area contributed by atoms with Crippen LogP contribution in [0.3, 0.4) is 0 Å². The van der Waals surface area contributed by atoms with Crippen LogP contribution in [-0.2, 0) is 0 Å². The third-order valence-electron chi connectivity index (χ3n) is 12.1. The van der Waals surface area contributed by atoms with Crippen LogP contribution in [0.5, 0.6) is 0 Å². The van der Waals surface area contributed by atoms with E-state index in [1.165, 1.54) is 79.9 Å². The van der Waals surface area contributed by atoms with E-state index in [-0.39, 0.29) is 6.71 Å². The predicted molar refractivity (Wildman–Crippen MR) is 238 cm³/mol. The first-order chi connectivity index (χ1) is 27.8. The van der Waals surface area contributed by atoms with Gasteiger partial charge in [0.05, 0.1) is 11.0 Å². The molecule has 3 heterocycles. The first-order valence-electron chi connectivity index (χ1n) is 19.4. The molecule has 4 heteroatoms. The monoisotopic (exact) mass is 730 g/mol. The molecule has 0 aliphatic carbocycles. The molecule has 0 saturated heterocycles. The Kier molecular flexibility index (Phi) is 6.84. The van der Waals surface area contributed by atoms with E-state index < -0.39 is 10.0 Å². The third kappa shape index (κ3) is 4.30. The summed E-state index contributed by atoms with van der Waals surface area (Å²) < 4.78 is 2.40. The lowest BCUT2D eigenvalue weighted by molar-refractivity contribution is 1.17. The number of aromatic nitrogens is 1. The lowest BCUT2D eigenvalue weighted by atomic mass is 9.35. The van der Waals surface area contributed by atoms with Crippen LogP contribution in [0.25, 0.3) is 38.3 Å². The van der Waals surface area contributed by atoms with Gasteiger partial charge in [0.2, 0.25) is 6.71 Å². The van der Waals surface area contributed by atoms with Gasteiger partial charge in [-0.25, -0.2) is 0 Å². The van der Waals surface area contributed by atoms with Gasteiger partial charge in [0, 0.05) is 43.3 Å². The average molecular weight is 731 g/mol. The van der Waals surface area contributed by atoms with Crippen molar-refractivity contribution in [2.75, 3.05) is 4.90 Å². The fourth-order valence-electron chi connectivity index (χ4n) is 9.80. The topological polar surface area (TPSA) is 8.17 Å². The van der Waals surface area contributed by atoms with E-state index in [9.17, 15) is 0 Å². The molecule has 1 unspecified atom stereocenters. The number of para-hydroxylation sites is 3. The highest BCUT2D eigenvalue weighted by molar-refractivity contribution is 8.34. The first-order valence-corrected chi connectivity index (χ1v) is 21.0. The molecule has 1 atom stereocenters. The molecule has 56 heavy (non-hydrogen) atoms. The van der Waals surface area contributed by atoms with E-state index in [1.54, 1.807) is 0 Å². The van der Waals surface area contributed by atoms with Crippen molar-refractivity contribution in [3.8, 4) is 5.69 Å². The Balaban J connectivity index is 1.12. The molecule has 0 fully saturated rings. The Bertz CT molecular complexity index is 3120. The highest BCUT2D eigenvalue weighted by Crippen LogP contribution is 2.74. The fraction of sp³-hybridized carbons (Fsp3) is 0. The zero-order chi connectivity index (χ0) is 36.8. The molecule has 0 radical (unpaired) electrons. The summed E-state index contributed by atoms with van der Waals surface area (Å²) in [5, 5.41) is 5.08. The molecule has 0 N–H and O–H groups in total. The quantitative estimate of drug-likeness (QED) is 0.164. The summed E-state index contributed by atoms with van der Waals surface area (Å²) in [7, 11) is -1.91. The minimum Gasteiger partial charge on any atom is -0.311 e. The standard InChI is InChI=1S/C52H35BN2S/c1-2-17-40(18-3-1)56(41-34-29-36-15-4-5-16-37(36)35-41)50-27-13-9-22-45(50)53-44-21-8-12-25-48(44)55(49-26-14-28-51(56)52(49)53)39-32-30-38(31-33-39)54-46-23-10-6-19-42(46)43-20-7-11-24-47(43)54/h1-35H. The number of rotatable bonds is 4. The number of nitrogens with zero attached hydrogens (tertiary/aromatic N) is 2. The maximum atomic E-state index is 2.52. The van der Waals surface area contributed by atoms with Gasteiger partial charge in [0.1, 0.15) is 0 Å². The minimum absolute atomic E-state index is 0.103. The molecule has 10 aromatic rings. The van der Waals surface area contributed by atoms with E-state index in [2.05, 4.69) is 222 Å². The summed E-state index contributed by atoms with van der Waals surface area (Å²) in [6.07, 6.45) is 0. The van der Waals surface area contributed by atoms with Crippen LogP contribution < -0.4 is 21.3 Å². The predicted octanol–water partition coefficient (Wildman–Crippen LogP) is 11.9. The van der Waals surface area contributed by atoms with Crippen LogP contribution in [0.1, 0.15) is 0 Å². The van der Waals surface area contributed by atoms with Crippen molar-refractivity contribution >= 4 is 82.8 Å². The van der Waals surface area contributed by atoms with E-state index >= 15 is 0 Å². The summed E-state index contributed by atoms with van der Waals surface area (Å²) >= 11 is 0. The molecule has 12 rings (SSSR count). The largest absolute Gasteiger partial charge is 0.311 e. The van der Waals surface area contributed by atoms with E-state index in [0.29, 0.717) is 0 Å². The third-order valence-corrected chi connectivity index (χ3v) is 16.1. The van der Waals surface area contributed by atoms with Crippen molar-refractivity contribution in [3.05, 3.63) is 212 Å². The van der Waals surface area contributed by atoms with Crippen LogP contribution in [0, 0.1) is 0 Å². The van der Waals surface area contributed by atoms with Crippen LogP contribution in [0.2, 0.25) is 0 Å². The molecule has 9 aromatic carbocycles. The van der Waals surface area contributed by atoms with Crippen molar-refractivity contribution in [1.82, 2.24) is 4.57 Å². The number of anilines is 3. The molecule has 0 bridgehead atoms. The van der Waals surface area contributed by atoms with Gasteiger partial charge < -0.3 is 9.47 Å². The van der Waals surface area contributed by atoms with Crippen molar-refractivity contribution in [3.63, 3.8) is 0 Å². The van der Waals surface area contributed by atoms with Gasteiger partial charge in [-0.1, -0.05) is 133 Å². The average Bonchev–Trinajstić information content (AvgIpc) is 3.61. The summed E-state index contributed by atoms with van der Waals surface area (Å²) in [4.78, 5) is 8.08. The van der Waals surface area contributed by atoms with Crippen LogP contribution in [0.15, 0.2) is 232 Å². The maximum absolute atomic E-state index is 2.52. The van der Waals surface area contributed by atoms with Gasteiger partial charge in [-0.05, 0) is 116 Å². The molecular formula is C52H35BN2S. The molecule has 2 nitrogen and oxygen atoms in total. The van der Waals surface area contributed by atoms with E-state index in [0.717, 1.165) is 11.4 Å². The van der Waals surface area contributed by atoms with Crippen molar-refractivity contribution in [2.45, 2.75) is 19.6 Å². The van der Waals surface area contributed by atoms with Gasteiger partial charge in [-0.15, -0.1) is 10.0 Å². The van der Waals surface area contributed by atoms with Crippen LogP contribution >= 0.6 is 10.0 Å². The SMILES string of the molecule is c1ccc(S2(c3ccc4ccccc4c3)c3ccccc3B3c4ccccc4N(c4ccc(-n5c6ccccc6c6ccccc65)cc4)c4cccc2c43)cc1. The molecule has 1 aromatic heterocycles. The summed E-state index contributed by atoms with van der Waals surface area (Å²) in [5.74, 6) is 0. The normalized spacial score (nSPS) is 16.6. The Morgan fingerprint density at radius 3 is 1.75 bits per heavy atom. The second kappa shape index (κ2) is 12.1. The molecule has 0 amide bonds. The van der Waals surface area contributed by atoms with E-state index in [1.807, 2.05) is 0 Å². The van der Waals surface area contributed by atoms with Crippen molar-refractivity contribution in [2.24, 2.45) is 0 Å². The van der Waals surface area contributed by atoms with Gasteiger partial charge >= 0.3 is 0 Å². The summed E-state index contributed by atoms with van der Waals surface area (Å²) in [5.41, 5.74) is 11.4. The van der Waals surface area contributed by atoms with Gasteiger partial charge in [-0.2, -0.15) is 0 Å². The number of hydrogen-bond acceptors (Lipinski definition) is 1. The van der Waals surface area contributed by atoms with Gasteiger partial charge in [-0.3, -0.25) is 0 Å². The number of benzene rings is 9. The smallest absolute Gasteiger partial charge is 0.249 e. The number of fused-ring (bicyclic) bond motifs is 8. The summed E-state index contributed by atoms with van der Waals surface area (Å²) in [6.45, 7) is 0.103. The Morgan fingerprint density at radius 2 is 0.964 bits per heavy atom. The lowest BCUT2D eigenvalue weighted by Crippen LogP contribution is -2.61. The Hall–Kier alpha value is -6.75. The minimum atomic E-state index is -1.91. The second-order valence-electron chi connectivity index (χ2n) is 14.9. The highest BCUT2D eigenvalue weighted by Gasteiger charge is 2.48. The zero-order valence-electron chi connectivity index (χ0n) is 30.6. The lowest BCUT2D eigenvalue weighted by Gasteiger charge is -2.51. The van der Waals surface area contributed by atoms with Gasteiger partial charge in [0.25, 0.3) is 0 Å². The van der Waals surface area contributed by atoms with E-state index in [4.69, 9.17) is 0 Å². The van der Waals surface area contributed by atoms with Gasteiger partial charge in [0.15, 0.2) is 0 Å². The maximum Gasteiger partial charge on any atom is 0.249 e. The highest BCUT2D eigenvalue weighted by atomic mass is 32.3. The molecule has 0 saturated carbocycles. The molecule has 2 aliphatic rings. The molecule has 2 aliphatic heterocycles. The Morgan fingerprint density at radius 1 is 0.375 bits per heavy atom. The molecule has 262 valence electrons. The van der Waals surface area contributed by atoms with Crippen LogP contribution in [-0.4, -0.2) is 11.3 Å². The zero-order valence-corrected chi connectivity index (χ0v) is 31.4. The number of hydrogen-bond donors (Lipinski definition) is 0. The van der Waals surface area contributed by atoms with Crippen molar-refractivity contribution in [1.29, 1.82) is 0 Å². The fourth-order valence-corrected chi connectivity index (χ4v) is 14.1. The van der Waals surface area contributed by atoms with Crippen LogP contribution in [0.4, 0.5) is 17.1 Å². The first kappa shape index (κ1) is 31.6. The molecular weight excluding hydrogens is 695 g/mol.